The first-order valence-corrected chi connectivity index (χ1v) is 10.6. The van der Waals surface area contributed by atoms with Crippen LogP contribution in [-0.4, -0.2) is 31.3 Å². The minimum absolute atomic E-state index is 0.345. The van der Waals surface area contributed by atoms with Gasteiger partial charge in [0.1, 0.15) is 5.76 Å². The number of benzene rings is 1. The van der Waals surface area contributed by atoms with Crippen molar-refractivity contribution in [1.82, 2.24) is 10.6 Å². The molecule has 1 aromatic heterocycles. The molecule has 3 fully saturated rings. The van der Waals surface area contributed by atoms with E-state index in [-0.39, 0.29) is 0 Å². The van der Waals surface area contributed by atoms with Crippen LogP contribution in [0.25, 0.3) is 0 Å². The first-order chi connectivity index (χ1) is 13.9. The predicted octanol–water partition coefficient (Wildman–Crippen LogP) is 3.52. The Bertz CT molecular complexity index is 799. The highest BCUT2D eigenvalue weighted by molar-refractivity contribution is 5.80. The number of nitrogens with zero attached hydrogens (tertiary/aromatic N) is 1. The summed E-state index contributed by atoms with van der Waals surface area (Å²) < 4.78 is 11.5. The summed E-state index contributed by atoms with van der Waals surface area (Å²) >= 11 is 0. The molecule has 2 N–H and O–H groups in total. The van der Waals surface area contributed by atoms with Gasteiger partial charge in [-0.3, -0.25) is 0 Å². The van der Waals surface area contributed by atoms with E-state index in [1.807, 2.05) is 18.2 Å². The zero-order valence-corrected chi connectivity index (χ0v) is 16.3. The molecule has 0 amide bonds. The van der Waals surface area contributed by atoms with Gasteiger partial charge in [0.05, 0.1) is 18.9 Å². The highest BCUT2D eigenvalue weighted by Gasteiger charge is 2.66. The van der Waals surface area contributed by atoms with Crippen molar-refractivity contribution in [2.24, 2.45) is 16.3 Å². The topological polar surface area (TPSA) is 58.8 Å². The van der Waals surface area contributed by atoms with Crippen LogP contribution in [0.5, 0.6) is 0 Å². The van der Waals surface area contributed by atoms with Crippen LogP contribution >= 0.6 is 0 Å². The molecule has 5 rings (SSSR count). The van der Waals surface area contributed by atoms with Crippen molar-refractivity contribution >= 4 is 5.96 Å². The van der Waals surface area contributed by atoms with Gasteiger partial charge in [0.25, 0.3) is 0 Å². The number of aliphatic imine (C=N–C) groups is 1. The van der Waals surface area contributed by atoms with Gasteiger partial charge < -0.3 is 19.8 Å². The molecular formula is C23H29N3O2. The molecule has 3 unspecified atom stereocenters. The predicted molar refractivity (Wildman–Crippen MR) is 109 cm³/mol. The maximum absolute atomic E-state index is 6.07. The molecule has 2 aliphatic carbocycles. The summed E-state index contributed by atoms with van der Waals surface area (Å²) in [6.07, 6.45) is 8.11. The fourth-order valence-electron chi connectivity index (χ4n) is 5.27. The molecule has 3 aliphatic rings. The Hall–Kier alpha value is -2.27. The lowest BCUT2D eigenvalue weighted by Crippen LogP contribution is -2.72. The average molecular weight is 380 g/mol. The molecule has 3 atom stereocenters. The maximum atomic E-state index is 6.07. The van der Waals surface area contributed by atoms with Crippen LogP contribution in [0.1, 0.15) is 37.0 Å². The number of hydrogen-bond donors (Lipinski definition) is 2. The summed E-state index contributed by atoms with van der Waals surface area (Å²) in [5.41, 5.74) is 1.57. The van der Waals surface area contributed by atoms with Crippen LogP contribution in [0, 0.1) is 11.3 Å². The van der Waals surface area contributed by atoms with Gasteiger partial charge in [0.2, 0.25) is 0 Å². The van der Waals surface area contributed by atoms with E-state index in [0.717, 1.165) is 31.3 Å². The second kappa shape index (κ2) is 7.63. The summed E-state index contributed by atoms with van der Waals surface area (Å²) in [7, 11) is 0. The number of hydrogen-bond acceptors (Lipinski definition) is 3. The lowest BCUT2D eigenvalue weighted by atomic mass is 9.46. The largest absolute Gasteiger partial charge is 0.469 e. The smallest absolute Gasteiger partial charge is 0.191 e. The monoisotopic (exact) mass is 379 g/mol. The standard InChI is InChI=1S/C23H29N3O2/c1-2-6-17(7-3-1)16-25-22(24-13-9-18-8-4-14-27-18)26-20-19-10-15-28-21(19)23(20)11-5-12-23/h1-4,6-8,14,19-21H,5,9-13,15-16H2,(H2,24,25,26). The van der Waals surface area contributed by atoms with E-state index in [0.29, 0.717) is 30.0 Å². The molecule has 2 heterocycles. The van der Waals surface area contributed by atoms with Crippen molar-refractivity contribution in [3.8, 4) is 0 Å². The molecule has 5 nitrogen and oxygen atoms in total. The second-order valence-corrected chi connectivity index (χ2v) is 8.36. The SMILES string of the molecule is c1ccc(CN=C(NCCc2ccco2)NC2C3CCOC3C23CCC3)cc1. The molecule has 1 spiro atoms. The van der Waals surface area contributed by atoms with Gasteiger partial charge in [-0.25, -0.2) is 4.99 Å². The fourth-order valence-corrected chi connectivity index (χ4v) is 5.27. The molecule has 0 radical (unpaired) electrons. The van der Waals surface area contributed by atoms with Gasteiger partial charge in [-0.15, -0.1) is 0 Å². The third-order valence-corrected chi connectivity index (χ3v) is 6.83. The molecule has 1 aliphatic heterocycles. The molecule has 148 valence electrons. The lowest BCUT2D eigenvalue weighted by Gasteiger charge is -2.63. The minimum Gasteiger partial charge on any atom is -0.469 e. The molecule has 1 saturated heterocycles. The van der Waals surface area contributed by atoms with E-state index in [2.05, 4.69) is 34.9 Å². The Balaban J connectivity index is 1.27. The summed E-state index contributed by atoms with van der Waals surface area (Å²) in [6.45, 7) is 2.40. The first-order valence-electron chi connectivity index (χ1n) is 10.6. The number of nitrogens with one attached hydrogen (secondary N) is 2. The zero-order valence-electron chi connectivity index (χ0n) is 16.3. The van der Waals surface area contributed by atoms with Crippen molar-refractivity contribution in [2.75, 3.05) is 13.2 Å². The Kier molecular flexibility index (Phi) is 4.85. The Morgan fingerprint density at radius 2 is 2.04 bits per heavy atom. The summed E-state index contributed by atoms with van der Waals surface area (Å²) in [5.74, 6) is 2.55. The van der Waals surface area contributed by atoms with E-state index in [4.69, 9.17) is 14.1 Å². The van der Waals surface area contributed by atoms with Crippen molar-refractivity contribution in [3.05, 3.63) is 60.1 Å². The Morgan fingerprint density at radius 1 is 1.14 bits per heavy atom. The zero-order chi connectivity index (χ0) is 18.8. The van der Waals surface area contributed by atoms with Crippen molar-refractivity contribution in [1.29, 1.82) is 0 Å². The van der Waals surface area contributed by atoms with Gasteiger partial charge in [-0.1, -0.05) is 36.8 Å². The quantitative estimate of drug-likeness (QED) is 0.596. The van der Waals surface area contributed by atoms with Gasteiger partial charge in [0, 0.05) is 36.9 Å². The molecule has 28 heavy (non-hydrogen) atoms. The third kappa shape index (κ3) is 3.22. The lowest BCUT2D eigenvalue weighted by molar-refractivity contribution is -0.171. The van der Waals surface area contributed by atoms with E-state index in [1.165, 1.54) is 31.2 Å². The number of rotatable bonds is 6. The summed E-state index contributed by atoms with van der Waals surface area (Å²) in [5, 5.41) is 7.33. The Labute approximate surface area is 166 Å². The van der Waals surface area contributed by atoms with Crippen LogP contribution in [0.3, 0.4) is 0 Å². The number of ether oxygens (including phenoxy) is 1. The molecule has 2 saturated carbocycles. The third-order valence-electron chi connectivity index (χ3n) is 6.83. The Morgan fingerprint density at radius 3 is 2.79 bits per heavy atom. The minimum atomic E-state index is 0.345. The van der Waals surface area contributed by atoms with E-state index < -0.39 is 0 Å². The van der Waals surface area contributed by atoms with Crippen LogP contribution in [0.2, 0.25) is 0 Å². The van der Waals surface area contributed by atoms with Crippen LogP contribution in [0.15, 0.2) is 58.1 Å². The van der Waals surface area contributed by atoms with Crippen LogP contribution in [0.4, 0.5) is 0 Å². The van der Waals surface area contributed by atoms with E-state index in [1.54, 1.807) is 6.26 Å². The highest BCUT2D eigenvalue weighted by atomic mass is 16.5. The van der Waals surface area contributed by atoms with Crippen LogP contribution in [-0.2, 0) is 17.7 Å². The van der Waals surface area contributed by atoms with E-state index in [9.17, 15) is 0 Å². The maximum Gasteiger partial charge on any atom is 0.191 e. The van der Waals surface area contributed by atoms with Crippen LogP contribution < -0.4 is 10.6 Å². The number of furan rings is 1. The van der Waals surface area contributed by atoms with E-state index >= 15 is 0 Å². The van der Waals surface area contributed by atoms with Crippen molar-refractivity contribution < 1.29 is 9.15 Å². The summed E-state index contributed by atoms with van der Waals surface area (Å²) in [4.78, 5) is 4.90. The molecule has 1 aromatic carbocycles. The van der Waals surface area contributed by atoms with Gasteiger partial charge >= 0.3 is 0 Å². The normalized spacial score (nSPS) is 27.7. The number of fused-ring (bicyclic) bond motifs is 2. The number of guanidine groups is 1. The average Bonchev–Trinajstić information content (AvgIpc) is 3.34. The molecular weight excluding hydrogens is 350 g/mol. The van der Waals surface area contributed by atoms with Gasteiger partial charge in [0.15, 0.2) is 5.96 Å². The fraction of sp³-hybridized carbons (Fsp3) is 0.522. The highest BCUT2D eigenvalue weighted by Crippen LogP contribution is 2.62. The molecule has 2 aromatic rings. The molecule has 0 bridgehead atoms. The van der Waals surface area contributed by atoms with Crippen molar-refractivity contribution in [3.63, 3.8) is 0 Å². The van der Waals surface area contributed by atoms with Gasteiger partial charge in [-0.2, -0.15) is 0 Å². The first kappa shape index (κ1) is 17.8. The molecule has 5 heteroatoms. The second-order valence-electron chi connectivity index (χ2n) is 8.36. The van der Waals surface area contributed by atoms with Crippen molar-refractivity contribution in [2.45, 2.75) is 50.8 Å². The van der Waals surface area contributed by atoms with Gasteiger partial charge in [-0.05, 0) is 37.0 Å². The summed E-state index contributed by atoms with van der Waals surface area (Å²) in [6, 6.07) is 14.9.